The van der Waals surface area contributed by atoms with Crippen molar-refractivity contribution in [3.8, 4) is 17.6 Å². The number of hydrogen-bond acceptors (Lipinski definition) is 6. The molecule has 0 fully saturated rings. The first-order valence-corrected chi connectivity index (χ1v) is 8.24. The van der Waals surface area contributed by atoms with E-state index in [0.717, 1.165) is 33.5 Å². The van der Waals surface area contributed by atoms with E-state index in [-0.39, 0.29) is 6.61 Å². The number of ether oxygens (including phenoxy) is 1. The van der Waals surface area contributed by atoms with Crippen LogP contribution < -0.4 is 4.74 Å². The molecule has 0 radical (unpaired) electrons. The number of aryl methyl sites for hydroxylation is 1. The number of rotatable bonds is 5. The van der Waals surface area contributed by atoms with E-state index in [4.69, 9.17) is 9.84 Å². The van der Waals surface area contributed by atoms with Gasteiger partial charge in [0.2, 0.25) is 0 Å². The molecule has 1 aromatic carbocycles. The summed E-state index contributed by atoms with van der Waals surface area (Å²) >= 11 is 3.10. The van der Waals surface area contributed by atoms with Crippen LogP contribution in [-0.2, 0) is 12.2 Å². The van der Waals surface area contributed by atoms with Crippen molar-refractivity contribution in [2.24, 2.45) is 0 Å². The lowest BCUT2D eigenvalue weighted by Crippen LogP contribution is -1.91. The van der Waals surface area contributed by atoms with Crippen LogP contribution in [0.3, 0.4) is 0 Å². The van der Waals surface area contributed by atoms with E-state index in [0.29, 0.717) is 5.75 Å². The van der Waals surface area contributed by atoms with E-state index >= 15 is 0 Å². The van der Waals surface area contributed by atoms with E-state index in [1.165, 1.54) is 11.5 Å². The molecule has 2 rings (SSSR count). The second kappa shape index (κ2) is 8.03. The maximum absolute atomic E-state index is 8.81. The minimum atomic E-state index is -0.160. The summed E-state index contributed by atoms with van der Waals surface area (Å²) in [5.74, 6) is 7.97. The Morgan fingerprint density at radius 2 is 2.29 bits per heavy atom. The number of methoxy groups -OCH3 is 1. The summed E-state index contributed by atoms with van der Waals surface area (Å²) in [7, 11) is 1.61. The predicted octanol–water partition coefficient (Wildman–Crippen LogP) is 2.75. The molecule has 0 saturated carbocycles. The van der Waals surface area contributed by atoms with Crippen LogP contribution in [0.25, 0.3) is 0 Å². The van der Waals surface area contributed by atoms with E-state index in [1.54, 1.807) is 18.9 Å². The van der Waals surface area contributed by atoms with Gasteiger partial charge in [-0.2, -0.15) is 4.37 Å². The number of thioether (sulfide) groups is 1. The smallest absolute Gasteiger partial charge is 0.170 e. The Hall–Kier alpha value is -1.55. The van der Waals surface area contributed by atoms with Crippen molar-refractivity contribution in [3.63, 3.8) is 0 Å². The number of aliphatic hydroxyl groups is 1. The largest absolute Gasteiger partial charge is 0.495 e. The van der Waals surface area contributed by atoms with Gasteiger partial charge in [-0.05, 0) is 29.2 Å². The topological polar surface area (TPSA) is 55.2 Å². The van der Waals surface area contributed by atoms with Gasteiger partial charge in [0.1, 0.15) is 18.2 Å². The molecule has 0 saturated heterocycles. The first-order chi connectivity index (χ1) is 10.3. The van der Waals surface area contributed by atoms with Crippen molar-refractivity contribution in [2.75, 3.05) is 13.7 Å². The highest BCUT2D eigenvalue weighted by Gasteiger charge is 2.06. The van der Waals surface area contributed by atoms with Crippen molar-refractivity contribution in [1.82, 2.24) is 9.36 Å². The second-order valence-corrected chi connectivity index (χ2v) is 6.09. The van der Waals surface area contributed by atoms with Gasteiger partial charge in [-0.15, -0.1) is 0 Å². The third-order valence-electron chi connectivity index (χ3n) is 2.69. The molecule has 1 heterocycles. The standard InChI is InChI=1S/C15H16N2O2S2/c1-3-14-16-15(21-17-14)20-10-11-6-7-13(19-2)12(9-11)5-4-8-18/h6-7,9,18H,3,8,10H2,1-2H3. The Kier molecular flexibility index (Phi) is 6.05. The zero-order valence-corrected chi connectivity index (χ0v) is 13.6. The average Bonchev–Trinajstić information content (AvgIpc) is 2.99. The molecule has 110 valence electrons. The monoisotopic (exact) mass is 320 g/mol. The summed E-state index contributed by atoms with van der Waals surface area (Å²) in [6, 6.07) is 5.89. The third kappa shape index (κ3) is 4.46. The van der Waals surface area contributed by atoms with Crippen LogP contribution in [0.5, 0.6) is 5.75 Å². The van der Waals surface area contributed by atoms with Crippen molar-refractivity contribution in [3.05, 3.63) is 35.2 Å². The highest BCUT2D eigenvalue weighted by atomic mass is 32.2. The quantitative estimate of drug-likeness (QED) is 0.678. The van der Waals surface area contributed by atoms with Crippen molar-refractivity contribution in [2.45, 2.75) is 23.4 Å². The molecule has 4 nitrogen and oxygen atoms in total. The van der Waals surface area contributed by atoms with Crippen LogP contribution in [0.4, 0.5) is 0 Å². The number of aliphatic hydroxyl groups excluding tert-OH is 1. The van der Waals surface area contributed by atoms with Gasteiger partial charge in [-0.3, -0.25) is 0 Å². The first-order valence-electron chi connectivity index (χ1n) is 6.48. The lowest BCUT2D eigenvalue weighted by atomic mass is 10.1. The number of aromatic nitrogens is 2. The highest BCUT2D eigenvalue weighted by Crippen LogP contribution is 2.27. The van der Waals surface area contributed by atoms with E-state index in [2.05, 4.69) is 21.2 Å². The normalized spacial score (nSPS) is 10.0. The number of benzene rings is 1. The van der Waals surface area contributed by atoms with E-state index in [1.807, 2.05) is 25.1 Å². The second-order valence-electron chi connectivity index (χ2n) is 4.11. The Bertz CT molecular complexity index is 659. The Balaban J connectivity index is 2.09. The third-order valence-corrected chi connectivity index (χ3v) is 4.64. The molecule has 0 bridgehead atoms. The maximum atomic E-state index is 8.81. The Morgan fingerprint density at radius 1 is 1.43 bits per heavy atom. The van der Waals surface area contributed by atoms with Crippen molar-refractivity contribution < 1.29 is 9.84 Å². The minimum Gasteiger partial charge on any atom is -0.495 e. The van der Waals surface area contributed by atoms with Crippen LogP contribution in [0, 0.1) is 11.8 Å². The molecular formula is C15H16N2O2S2. The molecular weight excluding hydrogens is 304 g/mol. The van der Waals surface area contributed by atoms with Gasteiger partial charge in [0.15, 0.2) is 4.34 Å². The molecule has 0 unspecified atom stereocenters. The number of hydrogen-bond donors (Lipinski definition) is 1. The van der Waals surface area contributed by atoms with Crippen molar-refractivity contribution in [1.29, 1.82) is 0 Å². The molecule has 0 aliphatic carbocycles. The SMILES string of the molecule is CCc1nsc(SCc2ccc(OC)c(C#CCO)c2)n1. The number of nitrogens with zero attached hydrogens (tertiary/aromatic N) is 2. The molecule has 0 aliphatic rings. The molecule has 0 aliphatic heterocycles. The summed E-state index contributed by atoms with van der Waals surface area (Å²) in [4.78, 5) is 4.43. The van der Waals surface area contributed by atoms with Gasteiger partial charge in [-0.1, -0.05) is 36.6 Å². The van der Waals surface area contributed by atoms with Crippen LogP contribution in [-0.4, -0.2) is 28.2 Å². The first kappa shape index (κ1) is 15.8. The summed E-state index contributed by atoms with van der Waals surface area (Å²) in [6.45, 7) is 1.89. The van der Waals surface area contributed by atoms with Gasteiger partial charge >= 0.3 is 0 Å². The molecule has 0 atom stereocenters. The minimum absolute atomic E-state index is 0.160. The van der Waals surface area contributed by atoms with Crippen LogP contribution in [0.1, 0.15) is 23.9 Å². The van der Waals surface area contributed by atoms with Gasteiger partial charge in [0, 0.05) is 12.2 Å². The van der Waals surface area contributed by atoms with Gasteiger partial charge in [0.25, 0.3) is 0 Å². The molecule has 21 heavy (non-hydrogen) atoms. The predicted molar refractivity (Wildman–Crippen MR) is 85.8 cm³/mol. The average molecular weight is 320 g/mol. The fraction of sp³-hybridized carbons (Fsp3) is 0.333. The van der Waals surface area contributed by atoms with E-state index in [9.17, 15) is 0 Å². The highest BCUT2D eigenvalue weighted by molar-refractivity contribution is 8.00. The van der Waals surface area contributed by atoms with Gasteiger partial charge in [0.05, 0.1) is 12.7 Å². The zero-order chi connectivity index (χ0) is 15.1. The zero-order valence-electron chi connectivity index (χ0n) is 11.9. The lowest BCUT2D eigenvalue weighted by molar-refractivity contribution is 0.350. The fourth-order valence-corrected chi connectivity index (χ4v) is 3.30. The lowest BCUT2D eigenvalue weighted by Gasteiger charge is -2.06. The summed E-state index contributed by atoms with van der Waals surface area (Å²) in [5, 5.41) is 8.81. The van der Waals surface area contributed by atoms with Crippen molar-refractivity contribution >= 4 is 23.3 Å². The Morgan fingerprint density at radius 3 is 2.95 bits per heavy atom. The molecule has 2 aromatic rings. The van der Waals surface area contributed by atoms with Crippen LogP contribution in [0.2, 0.25) is 0 Å². The molecule has 0 amide bonds. The van der Waals surface area contributed by atoms with Gasteiger partial charge < -0.3 is 9.84 Å². The van der Waals surface area contributed by atoms with Crippen LogP contribution in [0.15, 0.2) is 22.5 Å². The van der Waals surface area contributed by atoms with Gasteiger partial charge in [-0.25, -0.2) is 4.98 Å². The fourth-order valence-electron chi connectivity index (χ4n) is 1.66. The summed E-state index contributed by atoms with van der Waals surface area (Å²) in [6.07, 6.45) is 0.862. The molecule has 6 heteroatoms. The maximum Gasteiger partial charge on any atom is 0.170 e. The van der Waals surface area contributed by atoms with Crippen LogP contribution >= 0.6 is 23.3 Å². The molecule has 1 aromatic heterocycles. The van der Waals surface area contributed by atoms with E-state index < -0.39 is 0 Å². The Labute approximate surface area is 132 Å². The summed E-state index contributed by atoms with van der Waals surface area (Å²) < 4.78 is 10.5. The summed E-state index contributed by atoms with van der Waals surface area (Å²) in [5.41, 5.74) is 1.92. The molecule has 0 spiro atoms. The molecule has 1 N–H and O–H groups in total.